The molecule has 0 saturated carbocycles. The lowest BCUT2D eigenvalue weighted by atomic mass is 10.1. The summed E-state index contributed by atoms with van der Waals surface area (Å²) in [5.74, 6) is 1.19. The van der Waals surface area contributed by atoms with Gasteiger partial charge in [0.25, 0.3) is 0 Å². The summed E-state index contributed by atoms with van der Waals surface area (Å²) in [7, 11) is 0. The normalized spacial score (nSPS) is 18.8. The largest absolute Gasteiger partial charge is 0.386 e. The molecule has 20 heavy (non-hydrogen) atoms. The second kappa shape index (κ2) is 6.04. The van der Waals surface area contributed by atoms with E-state index >= 15 is 0 Å². The summed E-state index contributed by atoms with van der Waals surface area (Å²) in [6, 6.07) is 8.65. The zero-order valence-corrected chi connectivity index (χ0v) is 12.1. The predicted octanol–water partition coefficient (Wildman–Crippen LogP) is 3.58. The molecule has 1 aromatic carbocycles. The highest BCUT2D eigenvalue weighted by atomic mass is 16.7. The summed E-state index contributed by atoms with van der Waals surface area (Å²) in [4.78, 5) is 8.15. The van der Waals surface area contributed by atoms with Crippen LogP contribution in [0.5, 0.6) is 0 Å². The lowest BCUT2D eigenvalue weighted by Gasteiger charge is -2.37. The van der Waals surface area contributed by atoms with Gasteiger partial charge in [0.2, 0.25) is 0 Å². The summed E-state index contributed by atoms with van der Waals surface area (Å²) in [5.41, 5.74) is 2.56. The Hall–Kier alpha value is -1.90. The fraction of sp³-hybridized carbons (Fsp3) is 0.412. The SMILES string of the molecule is Cc1ccc(CN2OC=CC=C2N2CCCCC2)cc1. The summed E-state index contributed by atoms with van der Waals surface area (Å²) < 4.78 is 0. The highest BCUT2D eigenvalue weighted by molar-refractivity contribution is 5.22. The zero-order valence-electron chi connectivity index (χ0n) is 12.1. The Morgan fingerprint density at radius 1 is 1.05 bits per heavy atom. The van der Waals surface area contributed by atoms with Gasteiger partial charge in [0, 0.05) is 13.1 Å². The first-order chi connectivity index (χ1) is 9.83. The van der Waals surface area contributed by atoms with Crippen molar-refractivity contribution in [3.05, 3.63) is 59.6 Å². The third kappa shape index (κ3) is 2.98. The third-order valence-corrected chi connectivity index (χ3v) is 3.89. The zero-order chi connectivity index (χ0) is 13.8. The van der Waals surface area contributed by atoms with Crippen molar-refractivity contribution in [2.45, 2.75) is 32.7 Å². The van der Waals surface area contributed by atoms with E-state index in [1.165, 1.54) is 36.2 Å². The second-order valence-corrected chi connectivity index (χ2v) is 5.53. The van der Waals surface area contributed by atoms with Gasteiger partial charge < -0.3 is 9.74 Å². The van der Waals surface area contributed by atoms with Crippen molar-refractivity contribution in [3.8, 4) is 0 Å². The van der Waals surface area contributed by atoms with Gasteiger partial charge in [-0.2, -0.15) is 5.06 Å². The monoisotopic (exact) mass is 270 g/mol. The van der Waals surface area contributed by atoms with Crippen molar-refractivity contribution < 1.29 is 4.84 Å². The molecule has 0 spiro atoms. The maximum absolute atomic E-state index is 5.72. The second-order valence-electron chi connectivity index (χ2n) is 5.53. The van der Waals surface area contributed by atoms with Crippen LogP contribution in [-0.2, 0) is 11.4 Å². The minimum absolute atomic E-state index is 0.785. The molecule has 3 rings (SSSR count). The Morgan fingerprint density at radius 3 is 2.55 bits per heavy atom. The van der Waals surface area contributed by atoms with Crippen LogP contribution in [0.15, 0.2) is 48.5 Å². The molecule has 3 nitrogen and oxygen atoms in total. The lowest BCUT2D eigenvalue weighted by Crippen LogP contribution is -2.38. The number of hydrogen-bond donors (Lipinski definition) is 0. The molecule has 0 bridgehead atoms. The van der Waals surface area contributed by atoms with E-state index in [2.05, 4.69) is 42.2 Å². The van der Waals surface area contributed by atoms with Crippen molar-refractivity contribution in [2.24, 2.45) is 0 Å². The first kappa shape index (κ1) is 13.1. The van der Waals surface area contributed by atoms with Crippen molar-refractivity contribution >= 4 is 0 Å². The minimum atomic E-state index is 0.785. The van der Waals surface area contributed by atoms with E-state index in [-0.39, 0.29) is 0 Å². The maximum Gasteiger partial charge on any atom is 0.140 e. The van der Waals surface area contributed by atoms with Crippen LogP contribution in [-0.4, -0.2) is 23.1 Å². The van der Waals surface area contributed by atoms with Crippen LogP contribution in [0, 0.1) is 6.92 Å². The van der Waals surface area contributed by atoms with Crippen LogP contribution < -0.4 is 0 Å². The van der Waals surface area contributed by atoms with E-state index in [0.717, 1.165) is 19.6 Å². The standard InChI is InChI=1S/C17H22N2O/c1-15-7-9-16(10-8-15)14-19-17(6-5-13-20-19)18-11-3-2-4-12-18/h5-10,13H,2-4,11-12,14H2,1H3. The molecule has 106 valence electrons. The smallest absolute Gasteiger partial charge is 0.140 e. The molecule has 1 saturated heterocycles. The summed E-state index contributed by atoms with van der Waals surface area (Å²) in [5, 5.41) is 2.00. The molecule has 0 radical (unpaired) electrons. The molecule has 0 N–H and O–H groups in total. The number of hydrogen-bond acceptors (Lipinski definition) is 3. The van der Waals surface area contributed by atoms with E-state index in [1.807, 2.05) is 11.1 Å². The fourth-order valence-corrected chi connectivity index (χ4v) is 2.73. The van der Waals surface area contributed by atoms with E-state index in [0.29, 0.717) is 0 Å². The Morgan fingerprint density at radius 2 is 1.80 bits per heavy atom. The molecule has 0 aliphatic carbocycles. The molecule has 2 aliphatic rings. The van der Waals surface area contributed by atoms with E-state index < -0.39 is 0 Å². The summed E-state index contributed by atoms with van der Waals surface area (Å²) in [6.45, 7) is 5.16. The predicted molar refractivity (Wildman–Crippen MR) is 80.5 cm³/mol. The topological polar surface area (TPSA) is 15.7 Å². The van der Waals surface area contributed by atoms with Gasteiger partial charge in [-0.1, -0.05) is 29.8 Å². The Balaban J connectivity index is 1.72. The molecule has 0 aromatic heterocycles. The number of nitrogens with zero attached hydrogens (tertiary/aromatic N) is 2. The fourth-order valence-electron chi connectivity index (χ4n) is 2.73. The molecule has 0 unspecified atom stereocenters. The van der Waals surface area contributed by atoms with Crippen LogP contribution in [0.4, 0.5) is 0 Å². The van der Waals surface area contributed by atoms with E-state index in [1.54, 1.807) is 6.26 Å². The van der Waals surface area contributed by atoms with Crippen molar-refractivity contribution in [1.29, 1.82) is 0 Å². The molecule has 3 heteroatoms. The number of hydroxylamine groups is 2. The quantitative estimate of drug-likeness (QED) is 0.835. The Bertz CT molecular complexity index is 498. The molecular weight excluding hydrogens is 248 g/mol. The van der Waals surface area contributed by atoms with Gasteiger partial charge in [-0.05, 0) is 43.9 Å². The van der Waals surface area contributed by atoms with E-state index in [9.17, 15) is 0 Å². The first-order valence-corrected chi connectivity index (χ1v) is 7.44. The van der Waals surface area contributed by atoms with Gasteiger partial charge in [0.1, 0.15) is 12.1 Å². The lowest BCUT2D eigenvalue weighted by molar-refractivity contribution is -0.107. The van der Waals surface area contributed by atoms with Crippen molar-refractivity contribution in [1.82, 2.24) is 9.96 Å². The number of benzene rings is 1. The third-order valence-electron chi connectivity index (χ3n) is 3.89. The van der Waals surface area contributed by atoms with Gasteiger partial charge in [-0.15, -0.1) is 0 Å². The number of likely N-dealkylation sites (tertiary alicyclic amines) is 1. The van der Waals surface area contributed by atoms with Gasteiger partial charge in [0.05, 0.1) is 6.54 Å². The highest BCUT2D eigenvalue weighted by Gasteiger charge is 2.21. The average molecular weight is 270 g/mol. The van der Waals surface area contributed by atoms with Gasteiger partial charge in [-0.3, -0.25) is 0 Å². The maximum atomic E-state index is 5.72. The molecule has 2 aliphatic heterocycles. The molecule has 0 amide bonds. The van der Waals surface area contributed by atoms with Crippen LogP contribution in [0.1, 0.15) is 30.4 Å². The van der Waals surface area contributed by atoms with Gasteiger partial charge >= 0.3 is 0 Å². The molecule has 1 fully saturated rings. The van der Waals surface area contributed by atoms with Crippen molar-refractivity contribution in [2.75, 3.05) is 13.1 Å². The Labute approximate surface area is 121 Å². The van der Waals surface area contributed by atoms with E-state index in [4.69, 9.17) is 4.84 Å². The van der Waals surface area contributed by atoms with Crippen LogP contribution in [0.3, 0.4) is 0 Å². The van der Waals surface area contributed by atoms with Crippen LogP contribution in [0.2, 0.25) is 0 Å². The molecule has 1 aromatic rings. The number of allylic oxidation sites excluding steroid dienone is 2. The molecular formula is C17H22N2O. The summed E-state index contributed by atoms with van der Waals surface area (Å²) >= 11 is 0. The summed E-state index contributed by atoms with van der Waals surface area (Å²) in [6.07, 6.45) is 9.79. The van der Waals surface area contributed by atoms with Crippen molar-refractivity contribution in [3.63, 3.8) is 0 Å². The minimum Gasteiger partial charge on any atom is -0.386 e. The first-order valence-electron chi connectivity index (χ1n) is 7.44. The molecule has 2 heterocycles. The van der Waals surface area contributed by atoms with Gasteiger partial charge in [-0.25, -0.2) is 0 Å². The van der Waals surface area contributed by atoms with Gasteiger partial charge in [0.15, 0.2) is 0 Å². The number of rotatable bonds is 3. The Kier molecular flexibility index (Phi) is 3.95. The van der Waals surface area contributed by atoms with Crippen LogP contribution in [0.25, 0.3) is 0 Å². The highest BCUT2D eigenvalue weighted by Crippen LogP contribution is 2.23. The average Bonchev–Trinajstić information content (AvgIpc) is 2.51. The number of aryl methyl sites for hydroxylation is 1. The number of piperidine rings is 1. The molecule has 0 atom stereocenters. The van der Waals surface area contributed by atoms with Crippen LogP contribution >= 0.6 is 0 Å².